The number of allylic oxidation sites excluding steroid dienone is 1. The number of rotatable bonds is 7. The van der Waals surface area contributed by atoms with Crippen molar-refractivity contribution in [2.75, 3.05) is 17.6 Å². The van der Waals surface area contributed by atoms with Crippen LogP contribution in [-0.4, -0.2) is 44.6 Å². The van der Waals surface area contributed by atoms with Gasteiger partial charge < -0.3 is 14.8 Å². The number of anilines is 1. The number of nitrogens with one attached hydrogen (secondary N) is 1. The van der Waals surface area contributed by atoms with Crippen LogP contribution < -0.4 is 5.32 Å². The molecule has 5 rings (SSSR count). The number of aryl methyl sites for hydroxylation is 1. The standard InChI is InChI=1S/C28H28N4O2S.C3H6.C2H4/c1-31-24-15-8-7-14-23(24)29-26(31)18-35-19-27(33)32-17-9-16-25(32)28(34)30-22-13-6-5-12-21(22)20-10-3-2-4-11-20;1-3-2;1-2/h2-8,10-15,25H,9,16-19H2,1H3,(H,30,34);3H,1H2,2H3;1-2H2/t25-;;/m0../s1. The molecule has 4 aromatic rings. The molecule has 1 N–H and O–H groups in total. The highest BCUT2D eigenvalue weighted by Gasteiger charge is 2.34. The molecule has 2 amide bonds. The summed E-state index contributed by atoms with van der Waals surface area (Å²) in [6.45, 7) is 11.9. The number of likely N-dealkylation sites (tertiary alicyclic amines) is 1. The summed E-state index contributed by atoms with van der Waals surface area (Å²) in [5.74, 6) is 1.79. The summed E-state index contributed by atoms with van der Waals surface area (Å²) in [6.07, 6.45) is 3.26. The molecule has 1 aliphatic heterocycles. The van der Waals surface area contributed by atoms with Crippen molar-refractivity contribution in [1.29, 1.82) is 0 Å². The predicted molar refractivity (Wildman–Crippen MR) is 169 cm³/mol. The Labute approximate surface area is 241 Å². The highest BCUT2D eigenvalue weighted by Crippen LogP contribution is 2.29. The van der Waals surface area contributed by atoms with Gasteiger partial charge in [-0.15, -0.1) is 31.5 Å². The fourth-order valence-corrected chi connectivity index (χ4v) is 5.54. The van der Waals surface area contributed by atoms with Crippen molar-refractivity contribution in [1.82, 2.24) is 14.5 Å². The van der Waals surface area contributed by atoms with Gasteiger partial charge in [0.05, 0.1) is 22.5 Å². The van der Waals surface area contributed by atoms with E-state index in [2.05, 4.69) is 34.6 Å². The number of benzene rings is 3. The molecule has 0 aliphatic carbocycles. The maximum absolute atomic E-state index is 13.2. The predicted octanol–water partition coefficient (Wildman–Crippen LogP) is 7.10. The third kappa shape index (κ3) is 7.51. The molecule has 0 bridgehead atoms. The van der Waals surface area contributed by atoms with E-state index >= 15 is 0 Å². The van der Waals surface area contributed by atoms with Crippen LogP contribution in [0.25, 0.3) is 22.2 Å². The highest BCUT2D eigenvalue weighted by molar-refractivity contribution is 7.99. The summed E-state index contributed by atoms with van der Waals surface area (Å²) >= 11 is 1.54. The highest BCUT2D eigenvalue weighted by atomic mass is 32.2. The van der Waals surface area contributed by atoms with Gasteiger partial charge in [0.1, 0.15) is 11.9 Å². The summed E-state index contributed by atoms with van der Waals surface area (Å²) in [7, 11) is 2.00. The van der Waals surface area contributed by atoms with Gasteiger partial charge in [-0.1, -0.05) is 66.7 Å². The average Bonchev–Trinajstić information content (AvgIpc) is 3.61. The van der Waals surface area contributed by atoms with Crippen LogP contribution in [0.15, 0.2) is 105 Å². The zero-order valence-electron chi connectivity index (χ0n) is 23.4. The SMILES string of the molecule is C=C.C=CC.Cn1c(CSCC(=O)N2CCC[C@H]2C(=O)Nc2ccccc2-c2ccccc2)nc2ccccc21. The van der Waals surface area contributed by atoms with E-state index in [0.29, 0.717) is 24.5 Å². The first-order valence-corrected chi connectivity index (χ1v) is 14.5. The minimum atomic E-state index is -0.442. The second-order valence-electron chi connectivity index (χ2n) is 9.12. The number of amides is 2. The number of hydrogen-bond donors (Lipinski definition) is 1. The first-order chi connectivity index (χ1) is 19.5. The zero-order valence-corrected chi connectivity index (χ0v) is 24.2. The molecule has 208 valence electrons. The van der Waals surface area contributed by atoms with E-state index in [1.54, 1.807) is 22.7 Å². The molecule has 0 saturated carbocycles. The quantitative estimate of drug-likeness (QED) is 0.248. The van der Waals surface area contributed by atoms with E-state index in [0.717, 1.165) is 40.1 Å². The lowest BCUT2D eigenvalue weighted by molar-refractivity contribution is -0.134. The van der Waals surface area contributed by atoms with Gasteiger partial charge in [0.15, 0.2) is 0 Å². The van der Waals surface area contributed by atoms with Gasteiger partial charge in [-0.3, -0.25) is 9.59 Å². The molecule has 0 unspecified atom stereocenters. The molecule has 1 aromatic heterocycles. The van der Waals surface area contributed by atoms with Crippen LogP contribution in [0.2, 0.25) is 0 Å². The molecular formula is C33H38N4O2S. The van der Waals surface area contributed by atoms with Crippen molar-refractivity contribution in [3.05, 3.63) is 111 Å². The maximum atomic E-state index is 13.2. The van der Waals surface area contributed by atoms with E-state index in [1.807, 2.05) is 92.8 Å². The second-order valence-corrected chi connectivity index (χ2v) is 10.1. The van der Waals surface area contributed by atoms with Gasteiger partial charge in [-0.05, 0) is 43.5 Å². The molecule has 0 radical (unpaired) electrons. The maximum Gasteiger partial charge on any atom is 0.247 e. The number of imidazole rings is 1. The van der Waals surface area contributed by atoms with Crippen molar-refractivity contribution in [3.8, 4) is 11.1 Å². The van der Waals surface area contributed by atoms with E-state index in [4.69, 9.17) is 0 Å². The number of hydrogen-bond acceptors (Lipinski definition) is 4. The van der Waals surface area contributed by atoms with Gasteiger partial charge in [-0.25, -0.2) is 4.98 Å². The van der Waals surface area contributed by atoms with Gasteiger partial charge >= 0.3 is 0 Å². The van der Waals surface area contributed by atoms with E-state index in [1.165, 1.54) is 0 Å². The van der Waals surface area contributed by atoms with Crippen LogP contribution in [-0.2, 0) is 22.4 Å². The molecule has 1 saturated heterocycles. The van der Waals surface area contributed by atoms with Crippen molar-refractivity contribution >= 4 is 40.3 Å². The van der Waals surface area contributed by atoms with Crippen LogP contribution in [0.1, 0.15) is 25.6 Å². The fourth-order valence-electron chi connectivity index (χ4n) is 4.65. The van der Waals surface area contributed by atoms with Gasteiger partial charge in [-0.2, -0.15) is 0 Å². The van der Waals surface area contributed by atoms with E-state index in [9.17, 15) is 9.59 Å². The minimum absolute atomic E-state index is 0.00255. The Kier molecular flexibility index (Phi) is 11.8. The molecular weight excluding hydrogens is 516 g/mol. The summed E-state index contributed by atoms with van der Waals surface area (Å²) in [5, 5.41) is 3.09. The molecule has 6 nitrogen and oxygen atoms in total. The second kappa shape index (κ2) is 15.5. The summed E-state index contributed by atoms with van der Waals surface area (Å²) in [4.78, 5) is 32.7. The Hall–Kier alpha value is -4.10. The number of carbonyl (C=O) groups is 2. The molecule has 1 aliphatic rings. The van der Waals surface area contributed by atoms with E-state index in [-0.39, 0.29) is 11.8 Å². The lowest BCUT2D eigenvalue weighted by atomic mass is 10.0. The number of fused-ring (bicyclic) bond motifs is 1. The van der Waals surface area contributed by atoms with Crippen LogP contribution in [0.4, 0.5) is 5.69 Å². The molecule has 7 heteroatoms. The largest absolute Gasteiger partial charge is 0.330 e. The Morgan fingerprint density at radius 2 is 1.68 bits per heavy atom. The number of para-hydroxylation sites is 3. The molecule has 2 heterocycles. The van der Waals surface area contributed by atoms with Crippen molar-refractivity contribution < 1.29 is 9.59 Å². The molecule has 3 aromatic carbocycles. The van der Waals surface area contributed by atoms with Crippen molar-refractivity contribution in [2.24, 2.45) is 7.05 Å². The number of carbonyl (C=O) groups excluding carboxylic acids is 2. The first-order valence-electron chi connectivity index (χ1n) is 13.3. The smallest absolute Gasteiger partial charge is 0.247 e. The van der Waals surface area contributed by atoms with Gasteiger partial charge in [0.25, 0.3) is 0 Å². The van der Waals surface area contributed by atoms with Crippen LogP contribution in [0, 0.1) is 0 Å². The Balaban J connectivity index is 0.000000827. The van der Waals surface area contributed by atoms with Gasteiger partial charge in [0.2, 0.25) is 11.8 Å². The van der Waals surface area contributed by atoms with Crippen LogP contribution in [0.5, 0.6) is 0 Å². The first kappa shape index (κ1) is 30.4. The summed E-state index contributed by atoms with van der Waals surface area (Å²) in [6, 6.07) is 25.4. The normalized spacial score (nSPS) is 13.9. The summed E-state index contributed by atoms with van der Waals surface area (Å²) in [5.41, 5.74) is 4.82. The average molecular weight is 555 g/mol. The number of nitrogens with zero attached hydrogens (tertiary/aromatic N) is 3. The van der Waals surface area contributed by atoms with Crippen LogP contribution >= 0.6 is 11.8 Å². The number of aromatic nitrogens is 2. The Morgan fingerprint density at radius 1 is 1.02 bits per heavy atom. The fraction of sp³-hybridized carbons (Fsp3) is 0.242. The van der Waals surface area contributed by atoms with E-state index < -0.39 is 6.04 Å². The lowest BCUT2D eigenvalue weighted by Gasteiger charge is -2.24. The topological polar surface area (TPSA) is 67.2 Å². The third-order valence-electron chi connectivity index (χ3n) is 6.48. The molecule has 40 heavy (non-hydrogen) atoms. The zero-order chi connectivity index (χ0) is 28.9. The monoisotopic (exact) mass is 554 g/mol. The number of thioether (sulfide) groups is 1. The lowest BCUT2D eigenvalue weighted by Crippen LogP contribution is -2.44. The van der Waals surface area contributed by atoms with Crippen molar-refractivity contribution in [2.45, 2.75) is 31.6 Å². The van der Waals surface area contributed by atoms with Crippen LogP contribution in [0.3, 0.4) is 0 Å². The molecule has 1 atom stereocenters. The van der Waals surface area contributed by atoms with Gasteiger partial charge in [0, 0.05) is 24.8 Å². The summed E-state index contributed by atoms with van der Waals surface area (Å²) < 4.78 is 2.07. The van der Waals surface area contributed by atoms with Crippen molar-refractivity contribution in [3.63, 3.8) is 0 Å². The minimum Gasteiger partial charge on any atom is -0.330 e. The Bertz CT molecular complexity index is 1420. The molecule has 1 fully saturated rings. The third-order valence-corrected chi connectivity index (χ3v) is 7.40. The Morgan fingerprint density at radius 3 is 2.40 bits per heavy atom. The molecule has 0 spiro atoms.